The zero-order valence-corrected chi connectivity index (χ0v) is 23.2. The molecule has 5 fully saturated rings. The highest BCUT2D eigenvalue weighted by Crippen LogP contribution is 2.66. The third kappa shape index (κ3) is 4.64. The van der Waals surface area contributed by atoms with Crippen molar-refractivity contribution in [2.75, 3.05) is 13.2 Å². The van der Waals surface area contributed by atoms with E-state index >= 15 is 0 Å². The van der Waals surface area contributed by atoms with Crippen molar-refractivity contribution < 1.29 is 18.9 Å². The number of fused-ring (bicyclic) bond motifs is 5. The Morgan fingerprint density at radius 2 is 1.66 bits per heavy atom. The predicted octanol–water partition coefficient (Wildman–Crippen LogP) is 7.66. The van der Waals surface area contributed by atoms with E-state index in [1.54, 1.807) is 5.57 Å². The highest BCUT2D eigenvalue weighted by molar-refractivity contribution is 9.11. The van der Waals surface area contributed by atoms with E-state index in [0.717, 1.165) is 56.7 Å². The van der Waals surface area contributed by atoms with Gasteiger partial charge in [-0.05, 0) is 118 Å². The van der Waals surface area contributed by atoms with Crippen molar-refractivity contribution in [3.05, 3.63) is 22.7 Å². The van der Waals surface area contributed by atoms with E-state index in [1.807, 2.05) is 0 Å². The largest absolute Gasteiger partial charge is 0.353 e. The first-order valence-corrected chi connectivity index (χ1v) is 15.6. The van der Waals surface area contributed by atoms with Gasteiger partial charge in [-0.25, -0.2) is 0 Å². The Bertz CT molecular complexity index is 800. The minimum Gasteiger partial charge on any atom is -0.353 e. The van der Waals surface area contributed by atoms with Gasteiger partial charge in [0.2, 0.25) is 0 Å². The van der Waals surface area contributed by atoms with Crippen LogP contribution in [0, 0.1) is 28.6 Å². The van der Waals surface area contributed by atoms with Crippen LogP contribution in [0.2, 0.25) is 0 Å². The van der Waals surface area contributed by atoms with E-state index in [-0.39, 0.29) is 18.0 Å². The number of ether oxygens (including phenoxy) is 4. The topological polar surface area (TPSA) is 36.9 Å². The number of hydrogen-bond acceptors (Lipinski definition) is 4. The van der Waals surface area contributed by atoms with Crippen LogP contribution in [0.1, 0.15) is 96.8 Å². The minimum atomic E-state index is 0.0175. The fourth-order valence-electron chi connectivity index (χ4n) is 9.08. The molecule has 2 aliphatic heterocycles. The van der Waals surface area contributed by atoms with Crippen LogP contribution in [0.5, 0.6) is 0 Å². The maximum absolute atomic E-state index is 6.68. The summed E-state index contributed by atoms with van der Waals surface area (Å²) < 4.78 is 25.1. The number of hydrogen-bond donors (Lipinski definition) is 0. The third-order valence-corrected chi connectivity index (χ3v) is 11.1. The Morgan fingerprint density at radius 1 is 0.886 bits per heavy atom. The molecule has 6 aliphatic rings. The smallest absolute Gasteiger partial charge is 0.157 e. The summed E-state index contributed by atoms with van der Waals surface area (Å²) in [5, 5.41) is 0. The van der Waals surface area contributed by atoms with Crippen LogP contribution in [0.3, 0.4) is 0 Å². The van der Waals surface area contributed by atoms with Crippen LogP contribution in [-0.2, 0) is 18.9 Å². The van der Waals surface area contributed by atoms with Gasteiger partial charge in [0.1, 0.15) is 0 Å². The molecule has 0 radical (unpaired) electrons. The zero-order chi connectivity index (χ0) is 23.9. The van der Waals surface area contributed by atoms with Crippen LogP contribution in [0.15, 0.2) is 22.7 Å². The van der Waals surface area contributed by atoms with Crippen LogP contribution in [0.4, 0.5) is 0 Å². The second kappa shape index (κ2) is 10.5. The highest BCUT2D eigenvalue weighted by Gasteiger charge is 2.60. The van der Waals surface area contributed by atoms with Crippen molar-refractivity contribution >= 4 is 15.9 Å². The molecule has 2 saturated heterocycles. The summed E-state index contributed by atoms with van der Waals surface area (Å²) in [6.45, 7) is 4.28. The fourth-order valence-corrected chi connectivity index (χ4v) is 9.55. The number of halogens is 1. The van der Waals surface area contributed by atoms with E-state index in [0.29, 0.717) is 17.6 Å². The van der Waals surface area contributed by atoms with Crippen molar-refractivity contribution in [1.29, 1.82) is 0 Å². The van der Waals surface area contributed by atoms with Crippen LogP contribution in [0.25, 0.3) is 0 Å². The molecule has 4 aliphatic carbocycles. The van der Waals surface area contributed by atoms with Gasteiger partial charge in [0.25, 0.3) is 0 Å². The van der Waals surface area contributed by atoms with Gasteiger partial charge < -0.3 is 18.9 Å². The average molecular weight is 550 g/mol. The molecule has 4 nitrogen and oxygen atoms in total. The molecule has 0 spiro atoms. The normalized spacial score (nSPS) is 48.2. The molecule has 0 aromatic rings. The lowest BCUT2D eigenvalue weighted by atomic mass is 9.47. The second-order valence-corrected chi connectivity index (χ2v) is 13.0. The van der Waals surface area contributed by atoms with Gasteiger partial charge in [0.15, 0.2) is 12.6 Å². The van der Waals surface area contributed by atoms with Crippen molar-refractivity contribution in [1.82, 2.24) is 0 Å². The predicted molar refractivity (Wildman–Crippen MR) is 141 cm³/mol. The summed E-state index contributed by atoms with van der Waals surface area (Å²) in [6, 6.07) is 0. The van der Waals surface area contributed by atoms with Crippen LogP contribution in [-0.4, -0.2) is 38.0 Å². The monoisotopic (exact) mass is 548 g/mol. The molecule has 0 aromatic carbocycles. The molecule has 196 valence electrons. The van der Waals surface area contributed by atoms with E-state index < -0.39 is 0 Å². The summed E-state index contributed by atoms with van der Waals surface area (Å²) in [5.74, 6) is 2.27. The van der Waals surface area contributed by atoms with Crippen molar-refractivity contribution in [3.63, 3.8) is 0 Å². The molecule has 0 bridgehead atoms. The molecule has 0 amide bonds. The highest BCUT2D eigenvalue weighted by atomic mass is 79.9. The van der Waals surface area contributed by atoms with E-state index in [2.05, 4.69) is 40.0 Å². The van der Waals surface area contributed by atoms with Gasteiger partial charge in [-0.2, -0.15) is 0 Å². The molecule has 3 saturated carbocycles. The van der Waals surface area contributed by atoms with E-state index in [4.69, 9.17) is 18.9 Å². The summed E-state index contributed by atoms with van der Waals surface area (Å²) in [5.41, 5.74) is 2.14. The fraction of sp³-hybridized carbons (Fsp3) is 0.867. The maximum Gasteiger partial charge on any atom is 0.157 e. The first-order chi connectivity index (χ1) is 17.1. The van der Waals surface area contributed by atoms with Gasteiger partial charge >= 0.3 is 0 Å². The van der Waals surface area contributed by atoms with Gasteiger partial charge in [-0.15, -0.1) is 0 Å². The van der Waals surface area contributed by atoms with Crippen LogP contribution >= 0.6 is 15.9 Å². The van der Waals surface area contributed by atoms with Gasteiger partial charge in [-0.3, -0.25) is 0 Å². The SMILES string of the molecule is C[C@]12CCC3C(CC=C4C[C@@H](OC5CCCCO5)CC[C@@]43C=CBr)C1CC[C@@H]2OC1CCCCO1. The number of allylic oxidation sites excluding steroid dienone is 2. The van der Waals surface area contributed by atoms with Crippen LogP contribution < -0.4 is 0 Å². The molecule has 35 heavy (non-hydrogen) atoms. The minimum absolute atomic E-state index is 0.0175. The van der Waals surface area contributed by atoms with E-state index in [9.17, 15) is 0 Å². The summed E-state index contributed by atoms with van der Waals surface area (Å²) in [6.07, 6.45) is 22.6. The lowest BCUT2D eigenvalue weighted by Gasteiger charge is -2.58. The Kier molecular flexibility index (Phi) is 7.54. The Hall–Kier alpha value is -0.200. The Labute approximate surface area is 220 Å². The summed E-state index contributed by atoms with van der Waals surface area (Å²) >= 11 is 3.69. The van der Waals surface area contributed by atoms with E-state index in [1.165, 1.54) is 64.2 Å². The Morgan fingerprint density at radius 3 is 2.37 bits per heavy atom. The molecule has 0 N–H and O–H groups in total. The summed E-state index contributed by atoms with van der Waals surface area (Å²) in [4.78, 5) is 2.16. The summed E-state index contributed by atoms with van der Waals surface area (Å²) in [7, 11) is 0. The van der Waals surface area contributed by atoms with Crippen molar-refractivity contribution in [2.45, 2.75) is 122 Å². The first kappa shape index (κ1) is 25.1. The molecular formula is C30H45BrO4. The maximum atomic E-state index is 6.68. The molecule has 6 rings (SSSR count). The standard InChI is InChI=1S/C30H45BrO4/c1-29-14-13-25-23(24(29)10-11-26(29)35-28-7-3-5-19-33-28)9-8-21-20-22(12-15-30(21,25)16-17-31)34-27-6-2-4-18-32-27/h8,16-17,22-28H,2-7,9-15,18-20H2,1H3/t22-,23?,24?,25?,26-,27?,28?,29-,30+/m0/s1. The molecule has 0 aromatic heterocycles. The van der Waals surface area contributed by atoms with Gasteiger partial charge in [-0.1, -0.05) is 40.6 Å². The number of rotatable bonds is 5. The molecular weight excluding hydrogens is 504 g/mol. The molecule has 5 heteroatoms. The lowest BCUT2D eigenvalue weighted by Crippen LogP contribution is -2.52. The Balaban J connectivity index is 1.18. The lowest BCUT2D eigenvalue weighted by molar-refractivity contribution is -0.215. The molecule has 5 unspecified atom stereocenters. The quantitative estimate of drug-likeness (QED) is 0.330. The van der Waals surface area contributed by atoms with Crippen molar-refractivity contribution in [3.8, 4) is 0 Å². The zero-order valence-electron chi connectivity index (χ0n) is 21.6. The molecule has 9 atom stereocenters. The van der Waals surface area contributed by atoms with Gasteiger partial charge in [0, 0.05) is 18.6 Å². The second-order valence-electron chi connectivity index (χ2n) is 12.5. The average Bonchev–Trinajstić information content (AvgIpc) is 3.21. The first-order valence-electron chi connectivity index (χ1n) is 14.6. The van der Waals surface area contributed by atoms with Crippen molar-refractivity contribution in [2.24, 2.45) is 28.6 Å². The molecule has 2 heterocycles. The van der Waals surface area contributed by atoms with Gasteiger partial charge in [0.05, 0.1) is 12.2 Å². The third-order valence-electron chi connectivity index (χ3n) is 10.9.